The number of ether oxygens (including phenoxy) is 1. The van der Waals surface area contributed by atoms with Crippen LogP contribution < -0.4 is 21.5 Å². The van der Waals surface area contributed by atoms with Gasteiger partial charge in [-0.25, -0.2) is 10.2 Å². The number of hydrogen-bond donors (Lipinski definition) is 4. The van der Waals surface area contributed by atoms with Gasteiger partial charge < -0.3 is 15.4 Å². The standard InChI is InChI=1S/C16H22N4O5/c1-3-25-14(22)10-17-16(24)20-19-15(23)13(18-11(2)21)9-12-7-5-4-6-8-12/h4-8,13H,3,9-10H2,1-2H3,(H,18,21)(H,19,23)(H2,17,20,24). The summed E-state index contributed by atoms with van der Waals surface area (Å²) in [4.78, 5) is 46.1. The van der Waals surface area contributed by atoms with Crippen LogP contribution >= 0.6 is 0 Å². The summed E-state index contributed by atoms with van der Waals surface area (Å²) >= 11 is 0. The zero-order valence-electron chi connectivity index (χ0n) is 14.1. The molecule has 1 unspecified atom stereocenters. The molecule has 1 atom stereocenters. The Kier molecular flexibility index (Phi) is 8.48. The van der Waals surface area contributed by atoms with E-state index in [4.69, 9.17) is 0 Å². The molecule has 0 aliphatic carbocycles. The fraction of sp³-hybridized carbons (Fsp3) is 0.375. The van der Waals surface area contributed by atoms with E-state index in [2.05, 4.69) is 26.2 Å². The minimum absolute atomic E-state index is 0.205. The smallest absolute Gasteiger partial charge is 0.333 e. The normalized spacial score (nSPS) is 11.0. The number of carbonyl (C=O) groups is 4. The van der Waals surface area contributed by atoms with Gasteiger partial charge in [-0.3, -0.25) is 19.8 Å². The minimum Gasteiger partial charge on any atom is -0.465 e. The molecule has 0 aliphatic rings. The number of nitrogens with one attached hydrogen (secondary N) is 4. The molecular weight excluding hydrogens is 328 g/mol. The van der Waals surface area contributed by atoms with E-state index < -0.39 is 23.9 Å². The first kappa shape index (κ1) is 19.9. The van der Waals surface area contributed by atoms with E-state index in [-0.39, 0.29) is 25.5 Å². The van der Waals surface area contributed by atoms with Crippen molar-refractivity contribution in [2.24, 2.45) is 0 Å². The molecule has 0 heterocycles. The minimum atomic E-state index is -0.856. The van der Waals surface area contributed by atoms with Crippen LogP contribution in [0.4, 0.5) is 4.79 Å². The number of esters is 1. The van der Waals surface area contributed by atoms with E-state index in [9.17, 15) is 19.2 Å². The van der Waals surface area contributed by atoms with Crippen molar-refractivity contribution < 1.29 is 23.9 Å². The second-order valence-electron chi connectivity index (χ2n) is 5.04. The summed E-state index contributed by atoms with van der Waals surface area (Å²) in [5.74, 6) is -1.56. The fourth-order valence-electron chi connectivity index (χ4n) is 1.92. The number of urea groups is 1. The fourth-order valence-corrected chi connectivity index (χ4v) is 1.92. The summed E-state index contributed by atoms with van der Waals surface area (Å²) in [6.45, 7) is 2.82. The Morgan fingerprint density at radius 1 is 1.08 bits per heavy atom. The number of benzene rings is 1. The number of carbonyl (C=O) groups excluding carboxylic acids is 4. The SMILES string of the molecule is CCOC(=O)CNC(=O)NNC(=O)C(Cc1ccccc1)NC(C)=O. The highest BCUT2D eigenvalue weighted by Gasteiger charge is 2.20. The zero-order chi connectivity index (χ0) is 18.7. The van der Waals surface area contributed by atoms with Crippen LogP contribution in [0.25, 0.3) is 0 Å². The highest BCUT2D eigenvalue weighted by molar-refractivity contribution is 5.89. The predicted octanol–water partition coefficient (Wildman–Crippen LogP) is -0.373. The van der Waals surface area contributed by atoms with Gasteiger partial charge in [0, 0.05) is 13.3 Å². The van der Waals surface area contributed by atoms with Gasteiger partial charge in [0.1, 0.15) is 12.6 Å². The van der Waals surface area contributed by atoms with Crippen molar-refractivity contribution in [1.29, 1.82) is 0 Å². The number of amides is 4. The molecule has 1 aromatic carbocycles. The van der Waals surface area contributed by atoms with Gasteiger partial charge in [-0.05, 0) is 12.5 Å². The summed E-state index contributed by atoms with van der Waals surface area (Å²) in [5.41, 5.74) is 5.16. The molecule has 1 rings (SSSR count). The molecule has 0 saturated carbocycles. The van der Waals surface area contributed by atoms with Crippen LogP contribution in [0.5, 0.6) is 0 Å². The lowest BCUT2D eigenvalue weighted by molar-refractivity contribution is -0.141. The predicted molar refractivity (Wildman–Crippen MR) is 89.1 cm³/mol. The van der Waals surface area contributed by atoms with Crippen LogP contribution in [0.15, 0.2) is 30.3 Å². The summed E-state index contributed by atoms with van der Waals surface area (Å²) in [6, 6.07) is 7.49. The van der Waals surface area contributed by atoms with E-state index in [1.54, 1.807) is 6.92 Å². The number of hydrogen-bond acceptors (Lipinski definition) is 5. The van der Waals surface area contributed by atoms with Gasteiger partial charge in [0.25, 0.3) is 5.91 Å². The van der Waals surface area contributed by atoms with E-state index in [0.717, 1.165) is 5.56 Å². The van der Waals surface area contributed by atoms with Gasteiger partial charge in [-0.2, -0.15) is 0 Å². The molecule has 25 heavy (non-hydrogen) atoms. The maximum absolute atomic E-state index is 12.2. The Hall–Kier alpha value is -3.10. The molecule has 0 aliphatic heterocycles. The van der Waals surface area contributed by atoms with Crippen LogP contribution in [-0.4, -0.2) is 43.0 Å². The monoisotopic (exact) mass is 350 g/mol. The molecule has 0 saturated heterocycles. The topological polar surface area (TPSA) is 126 Å². The molecule has 0 radical (unpaired) electrons. The summed E-state index contributed by atoms with van der Waals surface area (Å²) in [6.07, 6.45) is 0.262. The number of hydrazine groups is 1. The molecular formula is C16H22N4O5. The molecule has 9 nitrogen and oxygen atoms in total. The summed E-state index contributed by atoms with van der Waals surface area (Å²) in [5, 5.41) is 4.75. The van der Waals surface area contributed by atoms with Gasteiger partial charge in [0.05, 0.1) is 6.61 Å². The molecule has 0 aromatic heterocycles. The van der Waals surface area contributed by atoms with Crippen LogP contribution in [0.1, 0.15) is 19.4 Å². The lowest BCUT2D eigenvalue weighted by Crippen LogP contribution is -2.55. The zero-order valence-corrected chi connectivity index (χ0v) is 14.1. The van der Waals surface area contributed by atoms with Crippen molar-refractivity contribution in [3.05, 3.63) is 35.9 Å². The van der Waals surface area contributed by atoms with E-state index in [1.165, 1.54) is 6.92 Å². The Labute approximate surface area is 145 Å². The Morgan fingerprint density at radius 3 is 2.36 bits per heavy atom. The van der Waals surface area contributed by atoms with E-state index in [1.807, 2.05) is 30.3 Å². The van der Waals surface area contributed by atoms with E-state index >= 15 is 0 Å². The highest BCUT2D eigenvalue weighted by atomic mass is 16.5. The van der Waals surface area contributed by atoms with Crippen LogP contribution in [0, 0.1) is 0 Å². The molecule has 0 fully saturated rings. The average molecular weight is 350 g/mol. The first-order valence-corrected chi connectivity index (χ1v) is 7.72. The van der Waals surface area contributed by atoms with Crippen LogP contribution in [0.3, 0.4) is 0 Å². The highest BCUT2D eigenvalue weighted by Crippen LogP contribution is 2.03. The van der Waals surface area contributed by atoms with Crippen molar-refractivity contribution in [3.63, 3.8) is 0 Å². The average Bonchev–Trinajstić information content (AvgIpc) is 2.58. The Morgan fingerprint density at radius 2 is 1.76 bits per heavy atom. The molecule has 4 N–H and O–H groups in total. The van der Waals surface area contributed by atoms with Crippen LogP contribution in [-0.2, 0) is 25.5 Å². The maximum atomic E-state index is 12.2. The van der Waals surface area contributed by atoms with Gasteiger partial charge in [-0.1, -0.05) is 30.3 Å². The molecule has 1 aromatic rings. The van der Waals surface area contributed by atoms with Crippen molar-refractivity contribution in [3.8, 4) is 0 Å². The third-order valence-corrected chi connectivity index (χ3v) is 2.97. The van der Waals surface area contributed by atoms with Gasteiger partial charge in [0.15, 0.2) is 0 Å². The largest absolute Gasteiger partial charge is 0.465 e. The van der Waals surface area contributed by atoms with Gasteiger partial charge in [-0.15, -0.1) is 0 Å². The van der Waals surface area contributed by atoms with E-state index in [0.29, 0.717) is 0 Å². The second-order valence-corrected chi connectivity index (χ2v) is 5.04. The van der Waals surface area contributed by atoms with Gasteiger partial charge in [0.2, 0.25) is 5.91 Å². The first-order valence-electron chi connectivity index (χ1n) is 7.72. The lowest BCUT2D eigenvalue weighted by atomic mass is 10.1. The second kappa shape index (κ2) is 10.6. The van der Waals surface area contributed by atoms with Crippen molar-refractivity contribution >= 4 is 23.8 Å². The quantitative estimate of drug-likeness (QED) is 0.394. The summed E-state index contributed by atoms with van der Waals surface area (Å²) in [7, 11) is 0. The van der Waals surface area contributed by atoms with Gasteiger partial charge >= 0.3 is 12.0 Å². The Bertz CT molecular complexity index is 606. The third-order valence-electron chi connectivity index (χ3n) is 2.97. The third kappa shape index (κ3) is 8.35. The maximum Gasteiger partial charge on any atom is 0.333 e. The molecule has 136 valence electrons. The van der Waals surface area contributed by atoms with Crippen molar-refractivity contribution in [2.75, 3.05) is 13.2 Å². The van der Waals surface area contributed by atoms with Crippen LogP contribution in [0.2, 0.25) is 0 Å². The molecule has 0 spiro atoms. The molecule has 9 heteroatoms. The molecule has 4 amide bonds. The Balaban J connectivity index is 2.50. The summed E-state index contributed by atoms with van der Waals surface area (Å²) < 4.78 is 4.65. The molecule has 0 bridgehead atoms. The van der Waals surface area contributed by atoms with Crippen molar-refractivity contribution in [1.82, 2.24) is 21.5 Å². The first-order chi connectivity index (χ1) is 11.9. The van der Waals surface area contributed by atoms with Crippen molar-refractivity contribution in [2.45, 2.75) is 26.3 Å². The lowest BCUT2D eigenvalue weighted by Gasteiger charge is -2.18. The number of rotatable bonds is 7.